The molecule has 1 aromatic heterocycles. The quantitative estimate of drug-likeness (QED) is 0.559. The molecule has 0 spiro atoms. The number of thioether (sulfide) groups is 1. The molecule has 0 fully saturated rings. The molecule has 1 atom stereocenters. The van der Waals surface area contributed by atoms with Crippen LogP contribution in [0.4, 0.5) is 0 Å². The maximum atomic E-state index is 12.5. The zero-order valence-electron chi connectivity index (χ0n) is 16.4. The predicted molar refractivity (Wildman–Crippen MR) is 115 cm³/mol. The second kappa shape index (κ2) is 9.40. The van der Waals surface area contributed by atoms with Crippen LogP contribution in [-0.2, 0) is 18.4 Å². The fourth-order valence-electron chi connectivity index (χ4n) is 3.16. The summed E-state index contributed by atoms with van der Waals surface area (Å²) in [5, 5.41) is 12.6. The number of carbonyl (C=O) groups is 1. The van der Waals surface area contributed by atoms with Gasteiger partial charge in [0.1, 0.15) is 18.1 Å². The number of carbonyl (C=O) groups excluding carboxylic acids is 1. The number of nitrogens with one attached hydrogen (secondary N) is 1. The van der Waals surface area contributed by atoms with Crippen LogP contribution in [0.15, 0.2) is 53.7 Å². The predicted octanol–water partition coefficient (Wildman–Crippen LogP) is 3.78. The van der Waals surface area contributed by atoms with E-state index in [2.05, 4.69) is 15.5 Å². The van der Waals surface area contributed by atoms with Crippen LogP contribution in [0, 0.1) is 0 Å². The summed E-state index contributed by atoms with van der Waals surface area (Å²) in [6.07, 6.45) is 0.751. The number of amides is 1. The van der Waals surface area contributed by atoms with Gasteiger partial charge in [-0.25, -0.2) is 0 Å². The van der Waals surface area contributed by atoms with Crippen LogP contribution >= 0.6 is 23.4 Å². The molecule has 1 amide bonds. The van der Waals surface area contributed by atoms with Gasteiger partial charge in [-0.1, -0.05) is 53.7 Å². The third-order valence-corrected chi connectivity index (χ3v) is 6.08. The van der Waals surface area contributed by atoms with Crippen LogP contribution in [0.3, 0.4) is 0 Å². The lowest BCUT2D eigenvalue weighted by Crippen LogP contribution is -2.33. The van der Waals surface area contributed by atoms with Crippen LogP contribution in [-0.4, -0.2) is 33.0 Å². The molecule has 1 aliphatic rings. The molecule has 4 rings (SSSR count). The van der Waals surface area contributed by atoms with E-state index in [1.54, 1.807) is 12.1 Å². The molecule has 0 radical (unpaired) electrons. The summed E-state index contributed by atoms with van der Waals surface area (Å²) >= 11 is 7.44. The zero-order valence-corrected chi connectivity index (χ0v) is 17.9. The Labute approximate surface area is 183 Å². The van der Waals surface area contributed by atoms with Crippen molar-refractivity contribution in [3.63, 3.8) is 0 Å². The first-order chi connectivity index (χ1) is 14.6. The molecule has 0 bridgehead atoms. The molecule has 2 heterocycles. The van der Waals surface area contributed by atoms with Crippen molar-refractivity contribution in [2.45, 2.75) is 24.2 Å². The molecule has 2 aromatic carbocycles. The number of nitrogens with zero attached hydrogens (tertiary/aromatic N) is 3. The Balaban J connectivity index is 1.31. The third-order valence-electron chi connectivity index (χ3n) is 4.74. The van der Waals surface area contributed by atoms with E-state index in [9.17, 15) is 4.79 Å². The number of halogens is 1. The fraction of sp³-hybridized carbons (Fsp3) is 0.286. The number of rotatable bonds is 7. The molecule has 156 valence electrons. The van der Waals surface area contributed by atoms with Gasteiger partial charge < -0.3 is 19.4 Å². The highest BCUT2D eigenvalue weighted by Crippen LogP contribution is 2.31. The van der Waals surface area contributed by atoms with Gasteiger partial charge in [0.05, 0.1) is 23.4 Å². The second-order valence-electron chi connectivity index (χ2n) is 6.76. The summed E-state index contributed by atoms with van der Waals surface area (Å²) in [6, 6.07) is 15.0. The normalized spacial score (nSPS) is 15.2. The Morgan fingerprint density at radius 3 is 2.93 bits per heavy atom. The number of para-hydroxylation sites is 2. The maximum absolute atomic E-state index is 12.5. The van der Waals surface area contributed by atoms with Crippen molar-refractivity contribution in [2.75, 3.05) is 12.4 Å². The highest BCUT2D eigenvalue weighted by Gasteiger charge is 2.23. The van der Waals surface area contributed by atoms with Crippen LogP contribution in [0.5, 0.6) is 11.5 Å². The Kier molecular flexibility index (Phi) is 6.44. The van der Waals surface area contributed by atoms with Crippen molar-refractivity contribution in [3.05, 3.63) is 64.9 Å². The van der Waals surface area contributed by atoms with Crippen molar-refractivity contribution < 1.29 is 14.3 Å². The highest BCUT2D eigenvalue weighted by atomic mass is 35.5. The molecular formula is C21H21ClN4O3S. The fourth-order valence-corrected chi connectivity index (χ4v) is 4.09. The number of ether oxygens (including phenoxy) is 2. The van der Waals surface area contributed by atoms with E-state index in [0.29, 0.717) is 28.4 Å². The van der Waals surface area contributed by atoms with E-state index < -0.39 is 0 Å². The van der Waals surface area contributed by atoms with Gasteiger partial charge in [-0.2, -0.15) is 0 Å². The Morgan fingerprint density at radius 2 is 2.07 bits per heavy atom. The molecular weight excluding hydrogens is 424 g/mol. The molecule has 30 heavy (non-hydrogen) atoms. The first kappa shape index (κ1) is 20.6. The molecule has 0 unspecified atom stereocenters. The van der Waals surface area contributed by atoms with E-state index in [1.807, 2.05) is 48.0 Å². The summed E-state index contributed by atoms with van der Waals surface area (Å²) in [6.45, 7) is 0.825. The molecule has 1 N–H and O–H groups in total. The molecule has 7 nitrogen and oxygen atoms in total. The van der Waals surface area contributed by atoms with Crippen molar-refractivity contribution in [3.8, 4) is 11.5 Å². The number of benzene rings is 2. The van der Waals surface area contributed by atoms with Gasteiger partial charge in [-0.15, -0.1) is 10.2 Å². The SMILES string of the molecule is Cn1c(COc2ccccc2Cl)nnc1SCC(=O)N[C@H]1CCOc2ccccc21. The summed E-state index contributed by atoms with van der Waals surface area (Å²) in [5.41, 5.74) is 1.01. The van der Waals surface area contributed by atoms with Gasteiger partial charge in [0.2, 0.25) is 5.91 Å². The number of aromatic nitrogens is 3. The maximum Gasteiger partial charge on any atom is 0.230 e. The smallest absolute Gasteiger partial charge is 0.230 e. The first-order valence-corrected chi connectivity index (χ1v) is 10.9. The number of hydrogen-bond donors (Lipinski definition) is 1. The molecule has 1 aliphatic heterocycles. The lowest BCUT2D eigenvalue weighted by atomic mass is 10.0. The lowest BCUT2D eigenvalue weighted by Gasteiger charge is -2.26. The van der Waals surface area contributed by atoms with Gasteiger partial charge in [0.25, 0.3) is 0 Å². The Bertz CT molecular complexity index is 1040. The van der Waals surface area contributed by atoms with Crippen molar-refractivity contribution >= 4 is 29.3 Å². The molecule has 0 saturated carbocycles. The zero-order chi connectivity index (χ0) is 20.9. The minimum absolute atomic E-state index is 0.0397. The minimum atomic E-state index is -0.0569. The summed E-state index contributed by atoms with van der Waals surface area (Å²) < 4.78 is 13.2. The number of fused-ring (bicyclic) bond motifs is 1. The molecule has 3 aromatic rings. The van der Waals surface area contributed by atoms with Crippen molar-refractivity contribution in [1.82, 2.24) is 20.1 Å². The average Bonchev–Trinajstić information content (AvgIpc) is 3.11. The van der Waals surface area contributed by atoms with Crippen LogP contribution < -0.4 is 14.8 Å². The Hall–Kier alpha value is -2.71. The average molecular weight is 445 g/mol. The van der Waals surface area contributed by atoms with E-state index in [0.717, 1.165) is 17.7 Å². The van der Waals surface area contributed by atoms with Gasteiger partial charge in [0.15, 0.2) is 11.0 Å². The van der Waals surface area contributed by atoms with Gasteiger partial charge in [-0.05, 0) is 18.2 Å². The van der Waals surface area contributed by atoms with Crippen LogP contribution in [0.25, 0.3) is 0 Å². The minimum Gasteiger partial charge on any atom is -0.493 e. The van der Waals surface area contributed by atoms with E-state index >= 15 is 0 Å². The van der Waals surface area contributed by atoms with Crippen LogP contribution in [0.1, 0.15) is 23.9 Å². The van der Waals surface area contributed by atoms with E-state index in [-0.39, 0.29) is 24.3 Å². The standard InChI is InChI=1S/C21H21ClN4O3S/c1-26-19(12-29-18-9-5-3-7-15(18)22)24-25-21(26)30-13-20(27)23-16-10-11-28-17-8-4-2-6-14(16)17/h2-9,16H,10-13H2,1H3,(H,23,27)/t16-/m0/s1. The van der Waals surface area contributed by atoms with E-state index in [4.69, 9.17) is 21.1 Å². The third kappa shape index (κ3) is 4.71. The Morgan fingerprint density at radius 1 is 1.27 bits per heavy atom. The van der Waals surface area contributed by atoms with Crippen molar-refractivity contribution in [2.24, 2.45) is 7.05 Å². The van der Waals surface area contributed by atoms with Gasteiger partial charge in [0, 0.05) is 19.0 Å². The monoisotopic (exact) mass is 444 g/mol. The number of hydrogen-bond acceptors (Lipinski definition) is 6. The largest absolute Gasteiger partial charge is 0.493 e. The topological polar surface area (TPSA) is 78.3 Å². The molecule has 0 saturated heterocycles. The van der Waals surface area contributed by atoms with Crippen LogP contribution in [0.2, 0.25) is 5.02 Å². The lowest BCUT2D eigenvalue weighted by molar-refractivity contribution is -0.119. The summed E-state index contributed by atoms with van der Waals surface area (Å²) in [5.74, 6) is 2.26. The molecule has 0 aliphatic carbocycles. The molecule has 9 heteroatoms. The van der Waals surface area contributed by atoms with Gasteiger partial charge in [-0.3, -0.25) is 4.79 Å². The summed E-state index contributed by atoms with van der Waals surface area (Å²) in [4.78, 5) is 12.5. The van der Waals surface area contributed by atoms with E-state index in [1.165, 1.54) is 11.8 Å². The second-order valence-corrected chi connectivity index (χ2v) is 8.11. The summed E-state index contributed by atoms with van der Waals surface area (Å²) in [7, 11) is 1.85. The van der Waals surface area contributed by atoms with Crippen molar-refractivity contribution in [1.29, 1.82) is 0 Å². The highest BCUT2D eigenvalue weighted by molar-refractivity contribution is 7.99. The first-order valence-electron chi connectivity index (χ1n) is 9.51. The van der Waals surface area contributed by atoms with Gasteiger partial charge >= 0.3 is 0 Å².